The van der Waals surface area contributed by atoms with E-state index in [2.05, 4.69) is 40.9 Å². The van der Waals surface area contributed by atoms with Crippen molar-refractivity contribution in [3.63, 3.8) is 0 Å². The van der Waals surface area contributed by atoms with Crippen molar-refractivity contribution in [3.8, 4) is 5.75 Å². The summed E-state index contributed by atoms with van der Waals surface area (Å²) in [6.07, 6.45) is 5.65. The third kappa shape index (κ3) is 5.10. The molecule has 188 valence electrons. The normalized spacial score (nSPS) is 25.9. The number of carbonyl (C=O) groups excluding carboxylic acids is 3. The first-order valence-corrected chi connectivity index (χ1v) is 16.1. The van der Waals surface area contributed by atoms with Crippen LogP contribution in [0, 0.1) is 0 Å². The molecule has 1 fully saturated rings. The van der Waals surface area contributed by atoms with Crippen molar-refractivity contribution in [3.05, 3.63) is 53.1 Å². The maximum Gasteiger partial charge on any atom is 0.327 e. The quantitative estimate of drug-likeness (QED) is 0.214. The van der Waals surface area contributed by atoms with Gasteiger partial charge < -0.3 is 19.7 Å². The number of nitrogens with one attached hydrogen (secondary N) is 1. The molecule has 1 saturated heterocycles. The Balaban J connectivity index is 1.60. The molecule has 2 heterocycles. The number of carbonyl (C=O) groups is 3. The van der Waals surface area contributed by atoms with Crippen molar-refractivity contribution in [1.29, 1.82) is 0 Å². The molecule has 2 atom stereocenters. The fraction of sp³-hybridized carbons (Fsp3) is 0.480. The van der Waals surface area contributed by atoms with Gasteiger partial charge in [0.2, 0.25) is 0 Å². The van der Waals surface area contributed by atoms with Gasteiger partial charge in [-0.25, -0.2) is 9.69 Å². The second-order valence-electron chi connectivity index (χ2n) is 10.7. The van der Waals surface area contributed by atoms with Gasteiger partial charge in [-0.2, -0.15) is 0 Å². The maximum atomic E-state index is 13.8. The van der Waals surface area contributed by atoms with Crippen molar-refractivity contribution in [2.24, 2.45) is 0 Å². The molecule has 1 aliphatic carbocycles. The highest BCUT2D eigenvalue weighted by atomic mass is 79.9. The molecule has 35 heavy (non-hydrogen) atoms. The number of amides is 4. The van der Waals surface area contributed by atoms with Crippen molar-refractivity contribution in [2.45, 2.75) is 49.0 Å². The molecule has 0 bridgehead atoms. The standard InChI is InChI=1S/C25H32BrN3O5Si/c1-24(26)9-8-18(13-24)25(15-28-14-17-6-7-19(33-2)12-20(17)21(28)30)22(31)29(23(32)27-25)16-34-10-11-35(3,4)5/h6-9,12-13H,10-11,14-16H2,1-5H3,(H,27,32). The summed E-state index contributed by atoms with van der Waals surface area (Å²) in [4.78, 5) is 42.8. The van der Waals surface area contributed by atoms with Crippen LogP contribution in [0.4, 0.5) is 4.79 Å². The van der Waals surface area contributed by atoms with Gasteiger partial charge >= 0.3 is 6.03 Å². The molecule has 0 aromatic heterocycles. The monoisotopic (exact) mass is 561 g/mol. The fourth-order valence-electron chi connectivity index (χ4n) is 4.47. The highest BCUT2D eigenvalue weighted by Gasteiger charge is 2.56. The molecular weight excluding hydrogens is 530 g/mol. The molecule has 2 aliphatic heterocycles. The van der Waals surface area contributed by atoms with E-state index in [4.69, 9.17) is 9.47 Å². The molecule has 4 rings (SSSR count). The number of urea groups is 1. The number of allylic oxidation sites excluding steroid dienone is 2. The van der Waals surface area contributed by atoms with Gasteiger partial charge in [0.15, 0.2) is 5.54 Å². The summed E-state index contributed by atoms with van der Waals surface area (Å²) < 4.78 is 10.6. The summed E-state index contributed by atoms with van der Waals surface area (Å²) in [5.74, 6) is -0.0238. The molecule has 3 aliphatic rings. The number of halogens is 1. The number of ether oxygens (including phenoxy) is 2. The first-order chi connectivity index (χ1) is 16.3. The third-order valence-corrected chi connectivity index (χ3v) is 8.73. The van der Waals surface area contributed by atoms with E-state index >= 15 is 0 Å². The van der Waals surface area contributed by atoms with Gasteiger partial charge in [0.05, 0.1) is 18.0 Å². The number of fused-ring (bicyclic) bond motifs is 1. The van der Waals surface area contributed by atoms with Crippen LogP contribution in [0.3, 0.4) is 0 Å². The summed E-state index contributed by atoms with van der Waals surface area (Å²) >= 11 is 3.62. The Bertz CT molecular complexity index is 1130. The van der Waals surface area contributed by atoms with Gasteiger partial charge in [0.25, 0.3) is 11.8 Å². The Morgan fingerprint density at radius 2 is 1.94 bits per heavy atom. The van der Waals surface area contributed by atoms with E-state index in [9.17, 15) is 14.4 Å². The van der Waals surface area contributed by atoms with E-state index in [0.29, 0.717) is 30.0 Å². The topological polar surface area (TPSA) is 88.2 Å². The summed E-state index contributed by atoms with van der Waals surface area (Å²) in [6, 6.07) is 5.79. The van der Waals surface area contributed by atoms with E-state index in [1.807, 2.05) is 37.3 Å². The van der Waals surface area contributed by atoms with Crippen molar-refractivity contribution in [1.82, 2.24) is 15.1 Å². The van der Waals surface area contributed by atoms with E-state index in [0.717, 1.165) is 16.5 Å². The first-order valence-electron chi connectivity index (χ1n) is 11.6. The molecule has 1 aromatic carbocycles. The molecule has 0 saturated carbocycles. The molecule has 0 radical (unpaired) electrons. The van der Waals surface area contributed by atoms with Crippen LogP contribution in [-0.2, 0) is 16.1 Å². The van der Waals surface area contributed by atoms with Gasteiger partial charge in [-0.05, 0) is 36.2 Å². The second-order valence-corrected chi connectivity index (χ2v) is 18.0. The van der Waals surface area contributed by atoms with Crippen LogP contribution in [0.2, 0.25) is 25.7 Å². The number of hydrogen-bond acceptors (Lipinski definition) is 5. The molecule has 8 nitrogen and oxygen atoms in total. The smallest absolute Gasteiger partial charge is 0.327 e. The predicted molar refractivity (Wildman–Crippen MR) is 139 cm³/mol. The fourth-order valence-corrected chi connectivity index (χ4v) is 5.61. The Labute approximate surface area is 215 Å². The molecular formula is C25H32BrN3O5Si. The number of imide groups is 1. The Morgan fingerprint density at radius 1 is 1.20 bits per heavy atom. The largest absolute Gasteiger partial charge is 0.497 e. The van der Waals surface area contributed by atoms with Crippen LogP contribution in [-0.4, -0.2) is 72.6 Å². The third-order valence-electron chi connectivity index (χ3n) is 6.54. The first kappa shape index (κ1) is 25.7. The van der Waals surface area contributed by atoms with E-state index in [-0.39, 0.29) is 19.2 Å². The van der Waals surface area contributed by atoms with Crippen LogP contribution in [0.5, 0.6) is 5.75 Å². The number of hydrogen-bond donors (Lipinski definition) is 1. The number of rotatable bonds is 9. The van der Waals surface area contributed by atoms with Crippen LogP contribution >= 0.6 is 15.9 Å². The van der Waals surface area contributed by atoms with Gasteiger partial charge in [0, 0.05) is 26.8 Å². The molecule has 4 amide bonds. The van der Waals surface area contributed by atoms with Crippen molar-refractivity contribution < 1.29 is 23.9 Å². The summed E-state index contributed by atoms with van der Waals surface area (Å²) in [6.45, 7) is 9.40. The SMILES string of the molecule is COc1ccc2c(c1)C(=O)N(CC1(C3=CC(C)(Br)C=C3)NC(=O)N(COCC[Si](C)(C)C)C1=O)C2. The highest BCUT2D eigenvalue weighted by Crippen LogP contribution is 2.38. The minimum atomic E-state index is -1.40. The number of alkyl halides is 1. The van der Waals surface area contributed by atoms with Gasteiger partial charge in [-0.3, -0.25) is 9.59 Å². The average molecular weight is 563 g/mol. The maximum absolute atomic E-state index is 13.8. The molecule has 10 heteroatoms. The van der Waals surface area contributed by atoms with Crippen molar-refractivity contribution >= 4 is 41.8 Å². The average Bonchev–Trinajstić information content (AvgIpc) is 3.37. The number of benzene rings is 1. The molecule has 2 unspecified atom stereocenters. The van der Waals surface area contributed by atoms with E-state index in [1.54, 1.807) is 18.1 Å². The van der Waals surface area contributed by atoms with Gasteiger partial charge in [0.1, 0.15) is 12.5 Å². The van der Waals surface area contributed by atoms with Crippen LogP contribution in [0.1, 0.15) is 22.8 Å². The zero-order valence-electron chi connectivity index (χ0n) is 20.8. The highest BCUT2D eigenvalue weighted by molar-refractivity contribution is 9.10. The lowest BCUT2D eigenvalue weighted by molar-refractivity contribution is -0.134. The number of methoxy groups -OCH3 is 1. The van der Waals surface area contributed by atoms with Crippen molar-refractivity contribution in [2.75, 3.05) is 27.0 Å². The molecule has 0 spiro atoms. The Hall–Kier alpha value is -2.43. The summed E-state index contributed by atoms with van der Waals surface area (Å²) in [7, 11) is 0.243. The Morgan fingerprint density at radius 3 is 2.57 bits per heavy atom. The molecule has 1 N–H and O–H groups in total. The lowest BCUT2D eigenvalue weighted by Gasteiger charge is -2.32. The van der Waals surface area contributed by atoms with Crippen LogP contribution < -0.4 is 10.1 Å². The van der Waals surface area contributed by atoms with Gasteiger partial charge in [-0.15, -0.1) is 0 Å². The molecule has 1 aromatic rings. The minimum Gasteiger partial charge on any atom is -0.497 e. The van der Waals surface area contributed by atoms with Gasteiger partial charge in [-0.1, -0.05) is 59.9 Å². The zero-order valence-corrected chi connectivity index (χ0v) is 23.4. The van der Waals surface area contributed by atoms with Crippen LogP contribution in [0.25, 0.3) is 0 Å². The van der Waals surface area contributed by atoms with E-state index < -0.39 is 29.9 Å². The number of nitrogens with zero attached hydrogens (tertiary/aromatic N) is 2. The zero-order chi connectivity index (χ0) is 25.6. The predicted octanol–water partition coefficient (Wildman–Crippen LogP) is 3.90. The lowest BCUT2D eigenvalue weighted by Crippen LogP contribution is -2.56. The van der Waals surface area contributed by atoms with E-state index in [1.165, 1.54) is 0 Å². The second kappa shape index (κ2) is 9.22. The summed E-state index contributed by atoms with van der Waals surface area (Å²) in [5.41, 5.74) is 0.643. The van der Waals surface area contributed by atoms with Crippen LogP contribution in [0.15, 0.2) is 42.0 Å². The Kier molecular flexibility index (Phi) is 6.76. The minimum absolute atomic E-state index is 0.0120. The lowest BCUT2D eigenvalue weighted by atomic mass is 9.89. The summed E-state index contributed by atoms with van der Waals surface area (Å²) in [5, 5.41) is 2.91.